The molecule has 1 aromatic heterocycles. The molecule has 0 spiro atoms. The van der Waals surface area contributed by atoms with Crippen molar-refractivity contribution in [2.24, 2.45) is 4.99 Å². The average Bonchev–Trinajstić information content (AvgIpc) is 3.06. The summed E-state index contributed by atoms with van der Waals surface area (Å²) in [6.45, 7) is 3.27. The summed E-state index contributed by atoms with van der Waals surface area (Å²) in [4.78, 5) is 29.5. The maximum atomic E-state index is 12.8. The summed E-state index contributed by atoms with van der Waals surface area (Å²) in [6.07, 6.45) is 0.136. The number of carbonyl (C=O) groups excluding carboxylic acids is 2. The lowest BCUT2D eigenvalue weighted by Gasteiger charge is -2.18. The molecule has 7 nitrogen and oxygen atoms in total. The number of aromatic nitrogens is 1. The number of benzene rings is 2. The minimum absolute atomic E-state index is 0.136. The molecule has 0 unspecified atom stereocenters. The predicted octanol–water partition coefficient (Wildman–Crippen LogP) is 4.48. The molecule has 0 fully saturated rings. The highest BCUT2D eigenvalue weighted by molar-refractivity contribution is 7.16. The Balaban J connectivity index is 1.80. The molecule has 0 saturated carbocycles. The minimum Gasteiger partial charge on any atom is -0.486 e. The van der Waals surface area contributed by atoms with E-state index in [1.807, 2.05) is 12.1 Å². The van der Waals surface area contributed by atoms with E-state index in [9.17, 15) is 9.59 Å². The number of aryl methyl sites for hydroxylation is 1. The normalized spacial score (nSPS) is 13.5. The van der Waals surface area contributed by atoms with Crippen LogP contribution in [-0.2, 0) is 16.1 Å². The van der Waals surface area contributed by atoms with Gasteiger partial charge in [0.2, 0.25) is 0 Å². The summed E-state index contributed by atoms with van der Waals surface area (Å²) in [5.74, 6) is 0.413. The topological polar surface area (TPSA) is 79.1 Å². The van der Waals surface area contributed by atoms with Gasteiger partial charge in [0.1, 0.15) is 13.2 Å². The molecular formula is C21H18Cl2N2O5S. The lowest BCUT2D eigenvalue weighted by atomic mass is 10.2. The first kappa shape index (κ1) is 21.7. The summed E-state index contributed by atoms with van der Waals surface area (Å²) < 4.78 is 19.0. The maximum Gasteiger partial charge on any atom is 0.307 e. The van der Waals surface area contributed by atoms with Crippen LogP contribution in [0.3, 0.4) is 0 Å². The van der Waals surface area contributed by atoms with Gasteiger partial charge in [0.25, 0.3) is 5.91 Å². The zero-order valence-electron chi connectivity index (χ0n) is 16.5. The predicted molar refractivity (Wildman–Crippen MR) is 118 cm³/mol. The molecule has 31 heavy (non-hydrogen) atoms. The van der Waals surface area contributed by atoms with Gasteiger partial charge in [-0.25, -0.2) is 0 Å². The van der Waals surface area contributed by atoms with Gasteiger partial charge in [-0.1, -0.05) is 34.5 Å². The number of esters is 1. The Labute approximate surface area is 191 Å². The van der Waals surface area contributed by atoms with Gasteiger partial charge in [-0.15, -0.1) is 0 Å². The van der Waals surface area contributed by atoms with Crippen molar-refractivity contribution in [3.8, 4) is 11.5 Å². The van der Waals surface area contributed by atoms with E-state index in [1.165, 1.54) is 23.5 Å². The van der Waals surface area contributed by atoms with E-state index in [1.54, 1.807) is 17.6 Å². The Hall–Kier alpha value is -2.55. The van der Waals surface area contributed by atoms with Crippen molar-refractivity contribution >= 4 is 56.6 Å². The molecule has 0 N–H and O–H groups in total. The van der Waals surface area contributed by atoms with Gasteiger partial charge in [0.05, 0.1) is 33.8 Å². The van der Waals surface area contributed by atoms with E-state index in [0.29, 0.717) is 47.7 Å². The molecule has 0 aliphatic carbocycles. The quantitative estimate of drug-likeness (QED) is 0.503. The van der Waals surface area contributed by atoms with Crippen LogP contribution in [0.2, 0.25) is 10.0 Å². The fourth-order valence-electron chi connectivity index (χ4n) is 3.15. The number of ether oxygens (including phenoxy) is 3. The van der Waals surface area contributed by atoms with Crippen LogP contribution < -0.4 is 14.3 Å². The lowest BCUT2D eigenvalue weighted by Crippen LogP contribution is -2.20. The van der Waals surface area contributed by atoms with Gasteiger partial charge in [-0.2, -0.15) is 4.99 Å². The summed E-state index contributed by atoms with van der Waals surface area (Å²) in [6, 6.07) is 8.30. The van der Waals surface area contributed by atoms with E-state index in [2.05, 4.69) is 4.99 Å². The van der Waals surface area contributed by atoms with Gasteiger partial charge in [-0.05, 0) is 25.1 Å². The Bertz CT molecular complexity index is 1230. The monoisotopic (exact) mass is 480 g/mol. The van der Waals surface area contributed by atoms with Crippen molar-refractivity contribution in [1.82, 2.24) is 4.57 Å². The van der Waals surface area contributed by atoms with Gasteiger partial charge in [0.15, 0.2) is 16.3 Å². The molecular weight excluding hydrogens is 463 g/mol. The second-order valence-electron chi connectivity index (χ2n) is 6.60. The Kier molecular flexibility index (Phi) is 6.50. The smallest absolute Gasteiger partial charge is 0.307 e. The van der Waals surface area contributed by atoms with Crippen LogP contribution in [0, 0.1) is 0 Å². The molecule has 162 valence electrons. The molecule has 0 saturated heterocycles. The molecule has 4 rings (SSSR count). The summed E-state index contributed by atoms with van der Waals surface area (Å²) in [5.41, 5.74) is 1.03. The number of carbonyl (C=O) groups is 2. The van der Waals surface area contributed by atoms with Crippen molar-refractivity contribution in [2.75, 3.05) is 19.8 Å². The van der Waals surface area contributed by atoms with Crippen LogP contribution in [0.5, 0.6) is 11.5 Å². The van der Waals surface area contributed by atoms with Crippen LogP contribution in [0.4, 0.5) is 0 Å². The van der Waals surface area contributed by atoms with Gasteiger partial charge < -0.3 is 18.8 Å². The third-order valence-corrected chi connectivity index (χ3v) is 6.14. The average molecular weight is 481 g/mol. The first-order chi connectivity index (χ1) is 15.0. The number of amides is 1. The van der Waals surface area contributed by atoms with Crippen molar-refractivity contribution in [2.45, 2.75) is 19.9 Å². The van der Waals surface area contributed by atoms with Gasteiger partial charge in [-0.3, -0.25) is 9.59 Å². The highest BCUT2D eigenvalue weighted by Crippen LogP contribution is 2.35. The molecule has 2 heterocycles. The van der Waals surface area contributed by atoms with E-state index >= 15 is 0 Å². The van der Waals surface area contributed by atoms with Gasteiger partial charge >= 0.3 is 5.97 Å². The third-order valence-electron chi connectivity index (χ3n) is 4.55. The fourth-order valence-corrected chi connectivity index (χ4v) is 4.71. The SMILES string of the molecule is CCOC(=O)CCn1c(=NC(=O)c2ccc(Cl)cc2Cl)sc2cc3c(cc21)OCCO3. The first-order valence-corrected chi connectivity index (χ1v) is 11.2. The minimum atomic E-state index is -0.504. The number of nitrogens with zero attached hydrogens (tertiary/aromatic N) is 2. The van der Waals surface area contributed by atoms with E-state index in [4.69, 9.17) is 37.4 Å². The van der Waals surface area contributed by atoms with Crippen molar-refractivity contribution in [3.63, 3.8) is 0 Å². The molecule has 1 amide bonds. The number of hydrogen-bond acceptors (Lipinski definition) is 6. The maximum absolute atomic E-state index is 12.8. The highest BCUT2D eigenvalue weighted by Gasteiger charge is 2.18. The van der Waals surface area contributed by atoms with E-state index in [-0.39, 0.29) is 23.0 Å². The van der Waals surface area contributed by atoms with Crippen LogP contribution in [0.15, 0.2) is 35.3 Å². The van der Waals surface area contributed by atoms with E-state index in [0.717, 1.165) is 10.2 Å². The fraction of sp³-hybridized carbons (Fsp3) is 0.286. The third kappa shape index (κ3) is 4.71. The first-order valence-electron chi connectivity index (χ1n) is 9.59. The highest BCUT2D eigenvalue weighted by atomic mass is 35.5. The Morgan fingerprint density at radius 1 is 1.16 bits per heavy atom. The second kappa shape index (κ2) is 9.30. The summed E-state index contributed by atoms with van der Waals surface area (Å²) in [7, 11) is 0. The number of thiazole rings is 1. The van der Waals surface area contributed by atoms with Crippen LogP contribution in [0.1, 0.15) is 23.7 Å². The zero-order valence-corrected chi connectivity index (χ0v) is 18.9. The zero-order chi connectivity index (χ0) is 22.0. The van der Waals surface area contributed by atoms with Gasteiger partial charge in [0, 0.05) is 23.7 Å². The van der Waals surface area contributed by atoms with Crippen LogP contribution >= 0.6 is 34.5 Å². The molecule has 3 aromatic rings. The van der Waals surface area contributed by atoms with Crippen molar-refractivity contribution in [1.29, 1.82) is 0 Å². The number of rotatable bonds is 5. The van der Waals surface area contributed by atoms with Crippen LogP contribution in [-0.4, -0.2) is 36.3 Å². The summed E-state index contributed by atoms with van der Waals surface area (Å²) in [5, 5.41) is 0.649. The number of halogens is 2. The number of hydrogen-bond donors (Lipinski definition) is 0. The molecule has 2 aromatic carbocycles. The van der Waals surface area contributed by atoms with Crippen LogP contribution in [0.25, 0.3) is 10.2 Å². The summed E-state index contributed by atoms with van der Waals surface area (Å²) >= 11 is 13.4. The Morgan fingerprint density at radius 3 is 2.61 bits per heavy atom. The lowest BCUT2D eigenvalue weighted by molar-refractivity contribution is -0.143. The number of fused-ring (bicyclic) bond motifs is 2. The molecule has 10 heteroatoms. The molecule has 1 aliphatic rings. The molecule has 0 bridgehead atoms. The molecule has 0 radical (unpaired) electrons. The second-order valence-corrected chi connectivity index (χ2v) is 8.45. The molecule has 1 aliphatic heterocycles. The molecule has 0 atom stereocenters. The van der Waals surface area contributed by atoms with E-state index < -0.39 is 5.91 Å². The standard InChI is InChI=1S/C21H18Cl2N2O5S/c1-2-28-19(26)5-6-25-15-10-16-17(30-8-7-29-16)11-18(15)31-21(25)24-20(27)13-4-3-12(22)9-14(13)23/h3-4,9-11H,2,5-8H2,1H3. The largest absolute Gasteiger partial charge is 0.486 e. The Morgan fingerprint density at radius 2 is 1.90 bits per heavy atom. The van der Waals surface area contributed by atoms with Crippen molar-refractivity contribution in [3.05, 3.63) is 50.7 Å². The van der Waals surface area contributed by atoms with Crippen molar-refractivity contribution < 1.29 is 23.8 Å².